The van der Waals surface area contributed by atoms with Crippen molar-refractivity contribution in [2.45, 2.75) is 6.92 Å². The average Bonchev–Trinajstić information content (AvgIpc) is 2.30. The number of pyridine rings is 1. The van der Waals surface area contributed by atoms with E-state index in [0.717, 1.165) is 0 Å². The molecule has 2 rings (SSSR count). The fourth-order valence-electron chi connectivity index (χ4n) is 1.64. The Labute approximate surface area is 96.9 Å². The lowest BCUT2D eigenvalue weighted by Crippen LogP contribution is -1.92. The van der Waals surface area contributed by atoms with E-state index in [1.807, 2.05) is 0 Å². The first kappa shape index (κ1) is 11.2. The molecule has 0 radical (unpaired) electrons. The van der Waals surface area contributed by atoms with Crippen LogP contribution in [0.15, 0.2) is 36.7 Å². The quantitative estimate of drug-likeness (QED) is 0.590. The highest BCUT2D eigenvalue weighted by Gasteiger charge is 2.11. The van der Waals surface area contributed by atoms with Crippen molar-refractivity contribution in [2.24, 2.45) is 0 Å². The van der Waals surface area contributed by atoms with E-state index in [4.69, 9.17) is 0 Å². The molecule has 5 heteroatoms. The molecule has 0 aliphatic heterocycles. The number of benzene rings is 1. The molecular formula is C12H9FN2O2. The Morgan fingerprint density at radius 3 is 2.65 bits per heavy atom. The summed E-state index contributed by atoms with van der Waals surface area (Å²) in [7, 11) is 0. The number of halogens is 1. The highest BCUT2D eigenvalue weighted by atomic mass is 19.1. The second-order valence-electron chi connectivity index (χ2n) is 3.61. The molecule has 1 aromatic carbocycles. The van der Waals surface area contributed by atoms with Gasteiger partial charge in [0, 0.05) is 30.1 Å². The van der Waals surface area contributed by atoms with Crippen LogP contribution in [-0.4, -0.2) is 9.91 Å². The van der Waals surface area contributed by atoms with Gasteiger partial charge in [0.15, 0.2) is 0 Å². The first-order valence-corrected chi connectivity index (χ1v) is 4.94. The molecule has 0 spiro atoms. The molecule has 17 heavy (non-hydrogen) atoms. The molecule has 86 valence electrons. The average molecular weight is 232 g/mol. The predicted molar refractivity (Wildman–Crippen MR) is 61.0 cm³/mol. The maximum absolute atomic E-state index is 13.5. The minimum absolute atomic E-state index is 0.00412. The summed E-state index contributed by atoms with van der Waals surface area (Å²) in [5.41, 5.74) is 1.60. The predicted octanol–water partition coefficient (Wildman–Crippen LogP) is 3.10. The van der Waals surface area contributed by atoms with Crippen LogP contribution in [0.25, 0.3) is 11.1 Å². The Bertz CT molecular complexity index is 584. The second kappa shape index (κ2) is 4.29. The molecule has 0 bridgehead atoms. The third-order valence-electron chi connectivity index (χ3n) is 2.48. The van der Waals surface area contributed by atoms with Crippen molar-refractivity contribution in [3.8, 4) is 11.1 Å². The van der Waals surface area contributed by atoms with Gasteiger partial charge >= 0.3 is 0 Å². The van der Waals surface area contributed by atoms with Crippen LogP contribution in [0.5, 0.6) is 0 Å². The second-order valence-corrected chi connectivity index (χ2v) is 3.61. The van der Waals surface area contributed by atoms with Crippen LogP contribution in [0, 0.1) is 22.9 Å². The monoisotopic (exact) mass is 232 g/mol. The summed E-state index contributed by atoms with van der Waals surface area (Å²) in [5.74, 6) is -0.392. The van der Waals surface area contributed by atoms with Gasteiger partial charge < -0.3 is 0 Å². The van der Waals surface area contributed by atoms with Crippen molar-refractivity contribution < 1.29 is 9.31 Å². The van der Waals surface area contributed by atoms with Crippen LogP contribution in [-0.2, 0) is 0 Å². The van der Waals surface area contributed by atoms with Gasteiger partial charge in [0.05, 0.1) is 4.92 Å². The summed E-state index contributed by atoms with van der Waals surface area (Å²) in [6.45, 7) is 1.70. The molecule has 0 saturated heterocycles. The van der Waals surface area contributed by atoms with Gasteiger partial charge in [-0.25, -0.2) is 4.39 Å². The fourth-order valence-corrected chi connectivity index (χ4v) is 1.64. The van der Waals surface area contributed by atoms with Crippen LogP contribution in [0.2, 0.25) is 0 Å². The standard InChI is InChI=1S/C12H9FN2O2/c1-8-6-9(15(16)17)2-3-10(8)11-7-14-5-4-12(11)13/h2-7H,1H3. The van der Waals surface area contributed by atoms with Gasteiger partial charge in [-0.05, 0) is 30.2 Å². The van der Waals surface area contributed by atoms with Crippen molar-refractivity contribution >= 4 is 5.69 Å². The molecule has 0 saturated carbocycles. The topological polar surface area (TPSA) is 56.0 Å². The van der Waals surface area contributed by atoms with Crippen molar-refractivity contribution in [3.63, 3.8) is 0 Å². The fraction of sp³-hybridized carbons (Fsp3) is 0.0833. The Kier molecular flexibility index (Phi) is 2.82. The third-order valence-corrected chi connectivity index (χ3v) is 2.48. The third kappa shape index (κ3) is 2.13. The number of nitro benzene ring substituents is 1. The van der Waals surface area contributed by atoms with Crippen molar-refractivity contribution in [1.82, 2.24) is 4.98 Å². The first-order chi connectivity index (χ1) is 8.09. The maximum atomic E-state index is 13.5. The smallest absolute Gasteiger partial charge is 0.264 e. The molecule has 0 fully saturated rings. The van der Waals surface area contributed by atoms with Gasteiger partial charge in [-0.15, -0.1) is 0 Å². The molecule has 0 atom stereocenters. The van der Waals surface area contributed by atoms with Crippen LogP contribution in [0.4, 0.5) is 10.1 Å². The lowest BCUT2D eigenvalue weighted by molar-refractivity contribution is -0.384. The van der Waals surface area contributed by atoms with Crippen molar-refractivity contribution in [1.29, 1.82) is 0 Å². The van der Waals surface area contributed by atoms with E-state index in [2.05, 4.69) is 4.98 Å². The van der Waals surface area contributed by atoms with E-state index < -0.39 is 10.7 Å². The number of hydrogen-bond acceptors (Lipinski definition) is 3. The number of non-ortho nitro benzene ring substituents is 1. The first-order valence-electron chi connectivity index (χ1n) is 4.94. The molecule has 0 N–H and O–H groups in total. The van der Waals surface area contributed by atoms with E-state index in [9.17, 15) is 14.5 Å². The molecule has 2 aromatic rings. The SMILES string of the molecule is Cc1cc([N+](=O)[O-])ccc1-c1cnccc1F. The highest BCUT2D eigenvalue weighted by Crippen LogP contribution is 2.27. The Morgan fingerprint density at radius 1 is 1.29 bits per heavy atom. The zero-order valence-electron chi connectivity index (χ0n) is 9.05. The molecule has 0 aliphatic carbocycles. The Balaban J connectivity index is 2.55. The lowest BCUT2D eigenvalue weighted by atomic mass is 10.0. The van der Waals surface area contributed by atoms with E-state index >= 15 is 0 Å². The molecule has 1 aromatic heterocycles. The van der Waals surface area contributed by atoms with Gasteiger partial charge in [-0.2, -0.15) is 0 Å². The largest absolute Gasteiger partial charge is 0.269 e. The van der Waals surface area contributed by atoms with E-state index in [1.54, 1.807) is 6.92 Å². The van der Waals surface area contributed by atoms with E-state index in [-0.39, 0.29) is 5.69 Å². The van der Waals surface area contributed by atoms with Crippen LogP contribution in [0.1, 0.15) is 5.56 Å². The minimum atomic E-state index is -0.476. The number of hydrogen-bond donors (Lipinski definition) is 0. The summed E-state index contributed by atoms with van der Waals surface area (Å²) < 4.78 is 13.5. The van der Waals surface area contributed by atoms with Gasteiger partial charge in [-0.3, -0.25) is 15.1 Å². The van der Waals surface area contributed by atoms with E-state index in [0.29, 0.717) is 16.7 Å². The van der Waals surface area contributed by atoms with E-state index in [1.165, 1.54) is 36.7 Å². The van der Waals surface area contributed by atoms with Crippen LogP contribution < -0.4 is 0 Å². The summed E-state index contributed by atoms with van der Waals surface area (Å²) in [4.78, 5) is 14.0. The minimum Gasteiger partial charge on any atom is -0.264 e. The number of aryl methyl sites for hydroxylation is 1. The van der Waals surface area contributed by atoms with Crippen molar-refractivity contribution in [2.75, 3.05) is 0 Å². The van der Waals surface area contributed by atoms with Crippen LogP contribution in [0.3, 0.4) is 0 Å². The highest BCUT2D eigenvalue weighted by molar-refractivity contribution is 5.68. The number of rotatable bonds is 2. The van der Waals surface area contributed by atoms with Crippen molar-refractivity contribution in [3.05, 3.63) is 58.2 Å². The summed E-state index contributed by atoms with van der Waals surface area (Å²) in [5, 5.41) is 10.6. The molecule has 0 aliphatic rings. The summed E-state index contributed by atoms with van der Waals surface area (Å²) in [6.07, 6.45) is 2.77. The maximum Gasteiger partial charge on any atom is 0.269 e. The molecule has 4 nitrogen and oxygen atoms in total. The van der Waals surface area contributed by atoms with Gasteiger partial charge in [0.2, 0.25) is 0 Å². The summed E-state index contributed by atoms with van der Waals surface area (Å²) in [6, 6.07) is 5.57. The number of aromatic nitrogens is 1. The summed E-state index contributed by atoms with van der Waals surface area (Å²) >= 11 is 0. The number of nitrogens with zero attached hydrogens (tertiary/aromatic N) is 2. The molecule has 0 amide bonds. The van der Waals surface area contributed by atoms with Crippen LogP contribution >= 0.6 is 0 Å². The lowest BCUT2D eigenvalue weighted by Gasteiger charge is -2.06. The molecular weight excluding hydrogens is 223 g/mol. The molecule has 1 heterocycles. The zero-order valence-corrected chi connectivity index (χ0v) is 9.05. The normalized spacial score (nSPS) is 10.2. The van der Waals surface area contributed by atoms with Gasteiger partial charge in [0.1, 0.15) is 5.82 Å². The Hall–Kier alpha value is -2.30. The molecule has 0 unspecified atom stereocenters. The number of nitro groups is 1. The Morgan fingerprint density at radius 2 is 2.06 bits per heavy atom. The van der Waals surface area contributed by atoms with Gasteiger partial charge in [0.25, 0.3) is 5.69 Å². The zero-order chi connectivity index (χ0) is 12.4. The van der Waals surface area contributed by atoms with Gasteiger partial charge in [-0.1, -0.05) is 0 Å².